The SMILES string of the molecule is NC(=S)N(NC(=O)C1CC1)c1ccc(Cl)cc1. The van der Waals surface area contributed by atoms with E-state index in [2.05, 4.69) is 5.43 Å². The number of nitrogens with two attached hydrogens (primary N) is 1. The Hall–Kier alpha value is -1.33. The molecule has 0 saturated heterocycles. The normalized spacial score (nSPS) is 14.2. The highest BCUT2D eigenvalue weighted by atomic mass is 35.5. The molecule has 0 spiro atoms. The third-order valence-corrected chi connectivity index (χ3v) is 2.91. The van der Waals surface area contributed by atoms with Gasteiger partial charge in [-0.2, -0.15) is 0 Å². The zero-order valence-corrected chi connectivity index (χ0v) is 10.6. The molecule has 1 fully saturated rings. The lowest BCUT2D eigenvalue weighted by Crippen LogP contribution is -2.49. The minimum Gasteiger partial charge on any atom is -0.374 e. The summed E-state index contributed by atoms with van der Waals surface area (Å²) in [6.45, 7) is 0. The van der Waals surface area contributed by atoms with Gasteiger partial charge in [0, 0.05) is 10.9 Å². The Kier molecular flexibility index (Phi) is 3.49. The molecule has 3 N–H and O–H groups in total. The van der Waals surface area contributed by atoms with Crippen LogP contribution in [0.25, 0.3) is 0 Å². The van der Waals surface area contributed by atoms with Gasteiger partial charge in [0.05, 0.1) is 5.69 Å². The van der Waals surface area contributed by atoms with Gasteiger partial charge in [-0.15, -0.1) is 0 Å². The van der Waals surface area contributed by atoms with Crippen LogP contribution in [0.4, 0.5) is 5.69 Å². The molecule has 1 aromatic rings. The van der Waals surface area contributed by atoms with Crippen molar-refractivity contribution in [3.05, 3.63) is 29.3 Å². The summed E-state index contributed by atoms with van der Waals surface area (Å²) in [7, 11) is 0. The number of carbonyl (C=O) groups excluding carboxylic acids is 1. The Morgan fingerprint density at radius 2 is 2.00 bits per heavy atom. The smallest absolute Gasteiger partial charge is 0.241 e. The summed E-state index contributed by atoms with van der Waals surface area (Å²) in [5, 5.41) is 2.11. The van der Waals surface area contributed by atoms with E-state index in [1.165, 1.54) is 5.01 Å². The van der Waals surface area contributed by atoms with Gasteiger partial charge in [-0.05, 0) is 49.3 Å². The molecule has 2 rings (SSSR count). The van der Waals surface area contributed by atoms with Crippen molar-refractivity contribution in [1.82, 2.24) is 5.43 Å². The largest absolute Gasteiger partial charge is 0.374 e. The van der Waals surface area contributed by atoms with Crippen LogP contribution in [0.15, 0.2) is 24.3 Å². The molecule has 1 aliphatic rings. The van der Waals surface area contributed by atoms with Crippen LogP contribution in [0.2, 0.25) is 5.02 Å². The maximum Gasteiger partial charge on any atom is 0.241 e. The van der Waals surface area contributed by atoms with Crippen LogP contribution in [0.1, 0.15) is 12.8 Å². The number of amides is 1. The van der Waals surface area contributed by atoms with Gasteiger partial charge in [0.1, 0.15) is 0 Å². The van der Waals surface area contributed by atoms with Crippen molar-refractivity contribution in [2.24, 2.45) is 11.7 Å². The minimum absolute atomic E-state index is 0.0484. The van der Waals surface area contributed by atoms with Gasteiger partial charge in [-0.1, -0.05) is 11.6 Å². The lowest BCUT2D eigenvalue weighted by molar-refractivity contribution is -0.122. The van der Waals surface area contributed by atoms with Crippen LogP contribution in [0.5, 0.6) is 0 Å². The molecule has 6 heteroatoms. The Morgan fingerprint density at radius 3 is 2.47 bits per heavy atom. The molecule has 0 radical (unpaired) electrons. The van der Waals surface area contributed by atoms with Gasteiger partial charge in [0.15, 0.2) is 5.11 Å². The van der Waals surface area contributed by atoms with E-state index >= 15 is 0 Å². The molecule has 1 saturated carbocycles. The summed E-state index contributed by atoms with van der Waals surface area (Å²) in [5.41, 5.74) is 8.98. The topological polar surface area (TPSA) is 58.4 Å². The fourth-order valence-electron chi connectivity index (χ4n) is 1.38. The molecular weight excluding hydrogens is 258 g/mol. The van der Waals surface area contributed by atoms with Crippen LogP contribution < -0.4 is 16.2 Å². The number of carbonyl (C=O) groups is 1. The summed E-state index contributed by atoms with van der Waals surface area (Å²) < 4.78 is 0. The number of rotatable bonds is 2. The molecule has 0 heterocycles. The van der Waals surface area contributed by atoms with Crippen LogP contribution in [-0.4, -0.2) is 11.0 Å². The first kappa shape index (κ1) is 12.1. The lowest BCUT2D eigenvalue weighted by Gasteiger charge is -2.23. The maximum atomic E-state index is 11.7. The summed E-state index contributed by atoms with van der Waals surface area (Å²) in [4.78, 5) is 11.7. The van der Waals surface area contributed by atoms with Crippen LogP contribution in [0.3, 0.4) is 0 Å². The van der Waals surface area contributed by atoms with Crippen LogP contribution in [0, 0.1) is 5.92 Å². The second kappa shape index (κ2) is 4.89. The Bertz CT molecular complexity index is 445. The molecule has 1 aliphatic carbocycles. The molecule has 0 bridgehead atoms. The number of hydrazine groups is 1. The summed E-state index contributed by atoms with van der Waals surface area (Å²) in [6.07, 6.45) is 1.86. The van der Waals surface area contributed by atoms with Gasteiger partial charge in [0.2, 0.25) is 5.91 Å². The van der Waals surface area contributed by atoms with Gasteiger partial charge in [-0.25, -0.2) is 5.01 Å². The highest BCUT2D eigenvalue weighted by molar-refractivity contribution is 7.80. The van der Waals surface area contributed by atoms with Crippen LogP contribution in [-0.2, 0) is 4.79 Å². The highest BCUT2D eigenvalue weighted by Crippen LogP contribution is 2.29. The second-order valence-corrected chi connectivity index (χ2v) is 4.76. The number of nitrogens with zero attached hydrogens (tertiary/aromatic N) is 1. The zero-order valence-electron chi connectivity index (χ0n) is 9.02. The predicted octanol–water partition coefficient (Wildman–Crippen LogP) is 1.83. The van der Waals surface area contributed by atoms with E-state index in [4.69, 9.17) is 29.6 Å². The maximum absolute atomic E-state index is 11.7. The Morgan fingerprint density at radius 1 is 1.41 bits per heavy atom. The number of benzene rings is 1. The van der Waals surface area contributed by atoms with Gasteiger partial charge < -0.3 is 5.73 Å². The number of hydrogen-bond acceptors (Lipinski definition) is 2. The Labute approximate surface area is 110 Å². The molecule has 0 unspecified atom stereocenters. The average Bonchev–Trinajstić information content (AvgIpc) is 3.10. The third-order valence-electron chi connectivity index (χ3n) is 2.48. The average molecular weight is 270 g/mol. The molecule has 17 heavy (non-hydrogen) atoms. The quantitative estimate of drug-likeness (QED) is 0.635. The number of hydrogen-bond donors (Lipinski definition) is 2. The van der Waals surface area contributed by atoms with E-state index in [0.29, 0.717) is 10.7 Å². The summed E-state index contributed by atoms with van der Waals surface area (Å²) in [5.74, 6) is 0.0481. The summed E-state index contributed by atoms with van der Waals surface area (Å²) >= 11 is 10.7. The van der Waals surface area contributed by atoms with E-state index in [9.17, 15) is 4.79 Å². The first-order valence-corrected chi connectivity index (χ1v) is 6.02. The van der Waals surface area contributed by atoms with Crippen molar-refractivity contribution < 1.29 is 4.79 Å². The molecule has 0 aromatic heterocycles. The minimum atomic E-state index is -0.0484. The molecule has 0 aliphatic heterocycles. The monoisotopic (exact) mass is 269 g/mol. The zero-order chi connectivity index (χ0) is 12.4. The van der Waals surface area contributed by atoms with Crippen molar-refractivity contribution in [2.75, 3.05) is 5.01 Å². The first-order valence-electron chi connectivity index (χ1n) is 5.23. The highest BCUT2D eigenvalue weighted by Gasteiger charge is 2.31. The third kappa shape index (κ3) is 3.08. The van der Waals surface area contributed by atoms with Crippen molar-refractivity contribution in [1.29, 1.82) is 0 Å². The first-order chi connectivity index (χ1) is 8.08. The number of anilines is 1. The van der Waals surface area contributed by atoms with E-state index in [-0.39, 0.29) is 16.9 Å². The van der Waals surface area contributed by atoms with Crippen LogP contribution >= 0.6 is 23.8 Å². The van der Waals surface area contributed by atoms with Crippen molar-refractivity contribution in [3.8, 4) is 0 Å². The molecule has 0 atom stereocenters. The fraction of sp³-hybridized carbons (Fsp3) is 0.273. The summed E-state index contributed by atoms with van der Waals surface area (Å²) in [6, 6.07) is 6.92. The van der Waals surface area contributed by atoms with Gasteiger partial charge in [0.25, 0.3) is 0 Å². The molecule has 1 amide bonds. The second-order valence-electron chi connectivity index (χ2n) is 3.90. The number of halogens is 1. The Balaban J connectivity index is 2.13. The van der Waals surface area contributed by atoms with E-state index in [1.807, 2.05) is 0 Å². The molecule has 4 nitrogen and oxygen atoms in total. The fourth-order valence-corrected chi connectivity index (χ4v) is 1.66. The van der Waals surface area contributed by atoms with E-state index in [1.54, 1.807) is 24.3 Å². The van der Waals surface area contributed by atoms with Gasteiger partial charge in [-0.3, -0.25) is 10.2 Å². The standard InChI is InChI=1S/C11H12ClN3OS/c12-8-3-5-9(6-4-8)15(11(13)17)14-10(16)7-1-2-7/h3-7H,1-2H2,(H2,13,17)(H,14,16). The predicted molar refractivity (Wildman–Crippen MR) is 71.6 cm³/mol. The molecule has 90 valence electrons. The number of thiocarbonyl (C=S) groups is 1. The van der Waals surface area contributed by atoms with Crippen molar-refractivity contribution in [3.63, 3.8) is 0 Å². The molecule has 1 aromatic carbocycles. The van der Waals surface area contributed by atoms with E-state index < -0.39 is 0 Å². The van der Waals surface area contributed by atoms with Gasteiger partial charge >= 0.3 is 0 Å². The van der Waals surface area contributed by atoms with Crippen molar-refractivity contribution >= 4 is 40.5 Å². The number of nitrogens with one attached hydrogen (secondary N) is 1. The molecular formula is C11H12ClN3OS. The van der Waals surface area contributed by atoms with E-state index in [0.717, 1.165) is 12.8 Å². The van der Waals surface area contributed by atoms with Crippen molar-refractivity contribution in [2.45, 2.75) is 12.8 Å². The lowest BCUT2D eigenvalue weighted by atomic mass is 10.3.